The van der Waals surface area contributed by atoms with Crippen LogP contribution >= 0.6 is 0 Å². The molecule has 0 radical (unpaired) electrons. The number of carbonyl (C=O) groups excluding carboxylic acids is 1. The van der Waals surface area contributed by atoms with Crippen molar-refractivity contribution in [2.75, 3.05) is 13.7 Å². The molecule has 0 saturated heterocycles. The maximum atomic E-state index is 12.9. The number of aromatic nitrogens is 1. The van der Waals surface area contributed by atoms with Gasteiger partial charge in [0, 0.05) is 11.8 Å². The number of rotatable bonds is 5. The van der Waals surface area contributed by atoms with E-state index >= 15 is 0 Å². The average Bonchev–Trinajstić information content (AvgIpc) is 2.31. The molecule has 0 unspecified atom stereocenters. The molecule has 0 spiro atoms. The molecule has 5 nitrogen and oxygen atoms in total. The first-order valence-electron chi connectivity index (χ1n) is 5.23. The number of ether oxygens (including phenoxy) is 2. The van der Waals surface area contributed by atoms with Crippen LogP contribution in [-0.2, 0) is 16.0 Å². The summed E-state index contributed by atoms with van der Waals surface area (Å²) in [5, 5.41) is 0. The number of carbonyl (C=O) groups is 1. The first-order valence-corrected chi connectivity index (χ1v) is 5.23. The van der Waals surface area contributed by atoms with Crippen molar-refractivity contribution < 1.29 is 23.0 Å². The molecule has 7 heteroatoms. The van der Waals surface area contributed by atoms with E-state index in [2.05, 4.69) is 9.72 Å². The zero-order valence-corrected chi connectivity index (χ0v) is 9.96. The van der Waals surface area contributed by atoms with Crippen molar-refractivity contribution in [2.45, 2.75) is 19.8 Å². The number of methoxy groups -OCH3 is 1. The molecule has 0 saturated carbocycles. The van der Waals surface area contributed by atoms with Gasteiger partial charge in [0.05, 0.1) is 25.7 Å². The molecule has 0 amide bonds. The SMILES string of the molecule is CCOC(=O)Cc1c(C(F)F)c(OC)c[nH]c1=O. The third kappa shape index (κ3) is 3.06. The minimum Gasteiger partial charge on any atom is -0.495 e. The van der Waals surface area contributed by atoms with E-state index in [1.165, 1.54) is 7.11 Å². The number of hydrogen-bond donors (Lipinski definition) is 1. The second-order valence-corrected chi connectivity index (χ2v) is 3.36. The Morgan fingerprint density at radius 3 is 2.67 bits per heavy atom. The first-order chi connectivity index (χ1) is 8.51. The molecular weight excluding hydrogens is 248 g/mol. The summed E-state index contributed by atoms with van der Waals surface area (Å²) in [5.41, 5.74) is -1.66. The summed E-state index contributed by atoms with van der Waals surface area (Å²) in [4.78, 5) is 25.0. The van der Waals surface area contributed by atoms with E-state index in [-0.39, 0.29) is 17.9 Å². The number of hydrogen-bond acceptors (Lipinski definition) is 4. The highest BCUT2D eigenvalue weighted by molar-refractivity contribution is 5.73. The van der Waals surface area contributed by atoms with Crippen LogP contribution in [0.15, 0.2) is 11.0 Å². The molecular formula is C11H13F2NO4. The second-order valence-electron chi connectivity index (χ2n) is 3.36. The standard InChI is InChI=1S/C11H13F2NO4/c1-3-18-8(15)4-6-9(10(12)13)7(17-2)5-14-11(6)16/h5,10H,3-4H2,1-2H3,(H,14,16). The Bertz CT molecular complexity index is 484. The summed E-state index contributed by atoms with van der Waals surface area (Å²) in [6.45, 7) is 1.70. The molecule has 0 fully saturated rings. The number of H-pyrrole nitrogens is 1. The minimum atomic E-state index is -2.91. The number of pyridine rings is 1. The number of aromatic amines is 1. The van der Waals surface area contributed by atoms with Gasteiger partial charge in [-0.1, -0.05) is 0 Å². The van der Waals surface area contributed by atoms with Crippen LogP contribution in [-0.4, -0.2) is 24.7 Å². The molecule has 1 N–H and O–H groups in total. The summed E-state index contributed by atoms with van der Waals surface area (Å²) in [6, 6.07) is 0. The second kappa shape index (κ2) is 6.13. The number of nitrogens with one attached hydrogen (secondary N) is 1. The Morgan fingerprint density at radius 2 is 2.17 bits per heavy atom. The minimum absolute atomic E-state index is 0.116. The Labute approximate surface area is 102 Å². The van der Waals surface area contributed by atoms with Crippen molar-refractivity contribution in [1.82, 2.24) is 4.98 Å². The Morgan fingerprint density at radius 1 is 1.50 bits per heavy atom. The maximum absolute atomic E-state index is 12.9. The summed E-state index contributed by atoms with van der Waals surface area (Å²) < 4.78 is 35.2. The average molecular weight is 261 g/mol. The van der Waals surface area contributed by atoms with Crippen LogP contribution in [0.5, 0.6) is 5.75 Å². The molecule has 0 atom stereocenters. The van der Waals surface area contributed by atoms with Crippen LogP contribution < -0.4 is 10.3 Å². The van der Waals surface area contributed by atoms with E-state index in [4.69, 9.17) is 4.74 Å². The molecule has 1 aromatic rings. The molecule has 0 aliphatic rings. The van der Waals surface area contributed by atoms with Gasteiger partial charge in [-0.15, -0.1) is 0 Å². The predicted octanol–water partition coefficient (Wildman–Crippen LogP) is 1.43. The Balaban J connectivity index is 3.23. The molecule has 1 rings (SSSR count). The molecule has 0 aliphatic heterocycles. The van der Waals surface area contributed by atoms with E-state index < -0.39 is 29.9 Å². The first kappa shape index (κ1) is 14.1. The van der Waals surface area contributed by atoms with E-state index in [0.29, 0.717) is 0 Å². The lowest BCUT2D eigenvalue weighted by atomic mass is 10.1. The van der Waals surface area contributed by atoms with Gasteiger partial charge in [0.1, 0.15) is 5.75 Å². The molecule has 0 bridgehead atoms. The van der Waals surface area contributed by atoms with E-state index in [1.54, 1.807) is 6.92 Å². The van der Waals surface area contributed by atoms with Crippen molar-refractivity contribution >= 4 is 5.97 Å². The lowest BCUT2D eigenvalue weighted by Gasteiger charge is -2.11. The van der Waals surface area contributed by atoms with Crippen molar-refractivity contribution in [3.63, 3.8) is 0 Å². The molecule has 0 aromatic carbocycles. The fraction of sp³-hybridized carbons (Fsp3) is 0.455. The Kier molecular flexibility index (Phi) is 4.82. The zero-order chi connectivity index (χ0) is 13.7. The van der Waals surface area contributed by atoms with Crippen molar-refractivity contribution in [3.8, 4) is 5.75 Å². The molecule has 18 heavy (non-hydrogen) atoms. The van der Waals surface area contributed by atoms with E-state index in [9.17, 15) is 18.4 Å². The van der Waals surface area contributed by atoms with Gasteiger partial charge in [-0.25, -0.2) is 8.78 Å². The zero-order valence-electron chi connectivity index (χ0n) is 9.96. The summed E-state index contributed by atoms with van der Waals surface area (Å²) >= 11 is 0. The van der Waals surface area contributed by atoms with Gasteiger partial charge >= 0.3 is 5.97 Å². The highest BCUT2D eigenvalue weighted by Gasteiger charge is 2.23. The van der Waals surface area contributed by atoms with Gasteiger partial charge in [0.2, 0.25) is 0 Å². The van der Waals surface area contributed by atoms with E-state index in [0.717, 1.165) is 6.20 Å². The molecule has 1 aromatic heterocycles. The quantitative estimate of drug-likeness (QED) is 0.814. The monoisotopic (exact) mass is 261 g/mol. The highest BCUT2D eigenvalue weighted by Crippen LogP contribution is 2.30. The predicted molar refractivity (Wildman–Crippen MR) is 58.9 cm³/mol. The van der Waals surface area contributed by atoms with Gasteiger partial charge < -0.3 is 14.5 Å². The van der Waals surface area contributed by atoms with Gasteiger partial charge in [-0.05, 0) is 6.92 Å². The van der Waals surface area contributed by atoms with Gasteiger partial charge in [0.15, 0.2) is 0 Å². The normalized spacial score (nSPS) is 10.5. The van der Waals surface area contributed by atoms with Crippen LogP contribution in [0.3, 0.4) is 0 Å². The van der Waals surface area contributed by atoms with Crippen molar-refractivity contribution in [3.05, 3.63) is 27.7 Å². The fourth-order valence-corrected chi connectivity index (χ4v) is 1.51. The van der Waals surface area contributed by atoms with Crippen molar-refractivity contribution in [1.29, 1.82) is 0 Å². The van der Waals surface area contributed by atoms with Crippen molar-refractivity contribution in [2.24, 2.45) is 0 Å². The van der Waals surface area contributed by atoms with Crippen LogP contribution in [0.4, 0.5) is 8.78 Å². The Hall–Kier alpha value is -1.92. The van der Waals surface area contributed by atoms with Crippen LogP contribution in [0.2, 0.25) is 0 Å². The van der Waals surface area contributed by atoms with Gasteiger partial charge in [-0.3, -0.25) is 9.59 Å². The van der Waals surface area contributed by atoms with Crippen LogP contribution in [0, 0.1) is 0 Å². The lowest BCUT2D eigenvalue weighted by Crippen LogP contribution is -2.21. The molecule has 100 valence electrons. The third-order valence-corrected chi connectivity index (χ3v) is 2.26. The largest absolute Gasteiger partial charge is 0.495 e. The highest BCUT2D eigenvalue weighted by atomic mass is 19.3. The summed E-state index contributed by atoms with van der Waals surface area (Å²) in [6.07, 6.45) is -2.38. The summed E-state index contributed by atoms with van der Waals surface area (Å²) in [5.74, 6) is -0.901. The van der Waals surface area contributed by atoms with E-state index in [1.807, 2.05) is 0 Å². The van der Waals surface area contributed by atoms with Gasteiger partial charge in [0.25, 0.3) is 12.0 Å². The fourth-order valence-electron chi connectivity index (χ4n) is 1.51. The summed E-state index contributed by atoms with van der Waals surface area (Å²) in [7, 11) is 1.20. The van der Waals surface area contributed by atoms with Crippen LogP contribution in [0.1, 0.15) is 24.5 Å². The lowest BCUT2D eigenvalue weighted by molar-refractivity contribution is -0.142. The molecule has 0 aliphatic carbocycles. The maximum Gasteiger partial charge on any atom is 0.310 e. The number of esters is 1. The molecule has 1 heterocycles. The smallest absolute Gasteiger partial charge is 0.310 e. The number of halogens is 2. The number of alkyl halides is 2. The van der Waals surface area contributed by atoms with Crippen LogP contribution in [0.25, 0.3) is 0 Å². The third-order valence-electron chi connectivity index (χ3n) is 2.26. The van der Waals surface area contributed by atoms with Gasteiger partial charge in [-0.2, -0.15) is 0 Å². The topological polar surface area (TPSA) is 68.4 Å².